The van der Waals surface area contributed by atoms with E-state index in [-0.39, 0.29) is 12.0 Å². The number of nitrogens with zero attached hydrogens (tertiary/aromatic N) is 4. The first-order valence-corrected chi connectivity index (χ1v) is 9.77. The normalized spacial score (nSPS) is 17.3. The molecule has 7 nitrogen and oxygen atoms in total. The number of aromatic nitrogens is 3. The predicted octanol–water partition coefficient (Wildman–Crippen LogP) is 2.72. The highest BCUT2D eigenvalue weighted by Gasteiger charge is 2.19. The van der Waals surface area contributed by atoms with E-state index < -0.39 is 0 Å². The zero-order valence-electron chi connectivity index (χ0n) is 15.4. The van der Waals surface area contributed by atoms with Crippen molar-refractivity contribution in [2.45, 2.75) is 51.2 Å². The molecule has 2 fully saturated rings. The molecule has 1 amide bonds. The zero-order chi connectivity index (χ0) is 18.5. The molecule has 1 N–H and O–H groups in total. The number of nitrogens with one attached hydrogen (secondary N) is 1. The number of rotatable bonds is 6. The van der Waals surface area contributed by atoms with Crippen molar-refractivity contribution in [3.05, 3.63) is 41.7 Å². The molecule has 4 rings (SSSR count). The molecule has 2 aromatic rings. The first kappa shape index (κ1) is 17.7. The Balaban J connectivity index is 1.36. The van der Waals surface area contributed by atoms with Gasteiger partial charge in [-0.05, 0) is 56.7 Å². The number of pyridine rings is 1. The maximum atomic E-state index is 12.4. The van der Waals surface area contributed by atoms with Crippen molar-refractivity contribution in [2.24, 2.45) is 0 Å². The Morgan fingerprint density at radius 3 is 2.67 bits per heavy atom. The number of amides is 1. The van der Waals surface area contributed by atoms with E-state index in [2.05, 4.69) is 25.4 Å². The Kier molecular flexibility index (Phi) is 5.46. The van der Waals surface area contributed by atoms with Crippen LogP contribution >= 0.6 is 0 Å². The highest BCUT2D eigenvalue weighted by molar-refractivity contribution is 5.92. The minimum Gasteiger partial charge on any atom is -0.474 e. The summed E-state index contributed by atoms with van der Waals surface area (Å²) in [5.41, 5.74) is 1.19. The van der Waals surface area contributed by atoms with Crippen LogP contribution < -0.4 is 15.0 Å². The van der Waals surface area contributed by atoms with Crippen molar-refractivity contribution in [3.63, 3.8) is 0 Å². The molecule has 0 aromatic carbocycles. The Labute approximate surface area is 159 Å². The van der Waals surface area contributed by atoms with Crippen LogP contribution in [0, 0.1) is 0 Å². The lowest BCUT2D eigenvalue weighted by Gasteiger charge is -2.16. The number of hydrogen-bond donors (Lipinski definition) is 1. The number of anilines is 1. The van der Waals surface area contributed by atoms with Crippen molar-refractivity contribution in [2.75, 3.05) is 18.0 Å². The summed E-state index contributed by atoms with van der Waals surface area (Å²) in [7, 11) is 0. The first-order chi connectivity index (χ1) is 13.3. The van der Waals surface area contributed by atoms with E-state index in [1.807, 2.05) is 18.2 Å². The standard InChI is InChI=1S/C20H25N5O2/c26-19(17-9-10-18(24-23-17)25-12-3-4-13-25)22-14-15-6-5-11-21-20(15)27-16-7-1-2-8-16/h5-6,9-11,16H,1-4,7-8,12-14H2,(H,22,26). The molecular weight excluding hydrogens is 342 g/mol. The van der Waals surface area contributed by atoms with Crippen molar-refractivity contribution in [3.8, 4) is 5.88 Å². The van der Waals surface area contributed by atoms with E-state index in [0.717, 1.165) is 37.3 Å². The van der Waals surface area contributed by atoms with Gasteiger partial charge in [0.25, 0.3) is 5.91 Å². The smallest absolute Gasteiger partial charge is 0.272 e. The van der Waals surface area contributed by atoms with Crippen LogP contribution in [0.1, 0.15) is 54.6 Å². The average Bonchev–Trinajstić information content (AvgIpc) is 3.41. The van der Waals surface area contributed by atoms with Crippen LogP contribution in [0.2, 0.25) is 0 Å². The van der Waals surface area contributed by atoms with Gasteiger partial charge in [0.15, 0.2) is 11.5 Å². The molecule has 7 heteroatoms. The van der Waals surface area contributed by atoms with Gasteiger partial charge in [-0.15, -0.1) is 10.2 Å². The molecule has 0 radical (unpaired) electrons. The lowest BCUT2D eigenvalue weighted by Crippen LogP contribution is -2.26. The summed E-state index contributed by atoms with van der Waals surface area (Å²) in [6.45, 7) is 2.36. The van der Waals surface area contributed by atoms with Gasteiger partial charge < -0.3 is 15.0 Å². The molecule has 1 saturated carbocycles. The van der Waals surface area contributed by atoms with E-state index in [0.29, 0.717) is 18.1 Å². The molecular formula is C20H25N5O2. The molecule has 0 atom stereocenters. The molecule has 1 aliphatic heterocycles. The second kappa shape index (κ2) is 8.33. The molecule has 0 spiro atoms. The maximum Gasteiger partial charge on any atom is 0.272 e. The Morgan fingerprint density at radius 2 is 1.93 bits per heavy atom. The van der Waals surface area contributed by atoms with Crippen molar-refractivity contribution in [1.82, 2.24) is 20.5 Å². The number of ether oxygens (including phenoxy) is 1. The second-order valence-corrected chi connectivity index (χ2v) is 7.15. The fourth-order valence-electron chi connectivity index (χ4n) is 3.66. The van der Waals surface area contributed by atoms with E-state index in [9.17, 15) is 4.79 Å². The van der Waals surface area contributed by atoms with Crippen LogP contribution in [-0.4, -0.2) is 40.3 Å². The van der Waals surface area contributed by atoms with Gasteiger partial charge >= 0.3 is 0 Å². The van der Waals surface area contributed by atoms with Crippen molar-refractivity contribution >= 4 is 11.7 Å². The third kappa shape index (κ3) is 4.35. The third-order valence-electron chi connectivity index (χ3n) is 5.18. The molecule has 1 aliphatic carbocycles. The predicted molar refractivity (Wildman–Crippen MR) is 102 cm³/mol. The number of carbonyl (C=O) groups excluding carboxylic acids is 1. The molecule has 142 valence electrons. The van der Waals surface area contributed by atoms with Crippen LogP contribution in [0.25, 0.3) is 0 Å². The molecule has 2 aliphatic rings. The molecule has 0 bridgehead atoms. The number of hydrogen-bond acceptors (Lipinski definition) is 6. The summed E-state index contributed by atoms with van der Waals surface area (Å²) in [6.07, 6.45) is 8.87. The molecule has 2 aromatic heterocycles. The highest BCUT2D eigenvalue weighted by Crippen LogP contribution is 2.25. The van der Waals surface area contributed by atoms with Gasteiger partial charge in [0.1, 0.15) is 6.10 Å². The topological polar surface area (TPSA) is 80.2 Å². The summed E-state index contributed by atoms with van der Waals surface area (Å²) in [5.74, 6) is 1.20. The molecule has 0 unspecified atom stereocenters. The van der Waals surface area contributed by atoms with Gasteiger partial charge in [-0.1, -0.05) is 6.07 Å². The van der Waals surface area contributed by atoms with Crippen molar-refractivity contribution < 1.29 is 9.53 Å². The van der Waals surface area contributed by atoms with Gasteiger partial charge in [-0.3, -0.25) is 4.79 Å². The van der Waals surface area contributed by atoms with Gasteiger partial charge in [0.05, 0.1) is 0 Å². The van der Waals surface area contributed by atoms with Crippen LogP contribution in [0.4, 0.5) is 5.82 Å². The Hall–Kier alpha value is -2.70. The summed E-state index contributed by atoms with van der Waals surface area (Å²) < 4.78 is 6.02. The van der Waals surface area contributed by atoms with E-state index in [1.54, 1.807) is 12.3 Å². The second-order valence-electron chi connectivity index (χ2n) is 7.15. The van der Waals surface area contributed by atoms with Crippen LogP contribution in [-0.2, 0) is 6.54 Å². The first-order valence-electron chi connectivity index (χ1n) is 9.77. The minimum atomic E-state index is -0.244. The van der Waals surface area contributed by atoms with Crippen LogP contribution in [0.5, 0.6) is 5.88 Å². The van der Waals surface area contributed by atoms with Crippen molar-refractivity contribution in [1.29, 1.82) is 0 Å². The van der Waals surface area contributed by atoms with E-state index in [1.165, 1.54) is 25.7 Å². The fourth-order valence-corrected chi connectivity index (χ4v) is 3.66. The zero-order valence-corrected chi connectivity index (χ0v) is 15.4. The van der Waals surface area contributed by atoms with E-state index in [4.69, 9.17) is 4.74 Å². The lowest BCUT2D eigenvalue weighted by molar-refractivity contribution is 0.0944. The quantitative estimate of drug-likeness (QED) is 0.846. The minimum absolute atomic E-state index is 0.235. The molecule has 3 heterocycles. The Bertz CT molecular complexity index is 768. The highest BCUT2D eigenvalue weighted by atomic mass is 16.5. The SMILES string of the molecule is O=C(NCc1cccnc1OC1CCCC1)c1ccc(N2CCCC2)nn1. The van der Waals surface area contributed by atoms with E-state index >= 15 is 0 Å². The van der Waals surface area contributed by atoms with Gasteiger partial charge in [-0.2, -0.15) is 0 Å². The maximum absolute atomic E-state index is 12.4. The summed E-state index contributed by atoms with van der Waals surface area (Å²) in [4.78, 5) is 19.0. The summed E-state index contributed by atoms with van der Waals surface area (Å²) in [6, 6.07) is 7.38. The average molecular weight is 367 g/mol. The summed E-state index contributed by atoms with van der Waals surface area (Å²) in [5, 5.41) is 11.2. The third-order valence-corrected chi connectivity index (χ3v) is 5.18. The summed E-state index contributed by atoms with van der Waals surface area (Å²) >= 11 is 0. The van der Waals surface area contributed by atoms with Crippen LogP contribution in [0.15, 0.2) is 30.5 Å². The monoisotopic (exact) mass is 367 g/mol. The lowest BCUT2D eigenvalue weighted by atomic mass is 10.2. The fraction of sp³-hybridized carbons (Fsp3) is 0.500. The Morgan fingerprint density at radius 1 is 1.11 bits per heavy atom. The number of carbonyl (C=O) groups is 1. The van der Waals surface area contributed by atoms with Gasteiger partial charge in [0, 0.05) is 31.4 Å². The van der Waals surface area contributed by atoms with Crippen LogP contribution in [0.3, 0.4) is 0 Å². The largest absolute Gasteiger partial charge is 0.474 e. The van der Waals surface area contributed by atoms with Gasteiger partial charge in [-0.25, -0.2) is 4.98 Å². The molecule has 1 saturated heterocycles. The molecule has 27 heavy (non-hydrogen) atoms. The van der Waals surface area contributed by atoms with Gasteiger partial charge in [0.2, 0.25) is 5.88 Å².